The number of nitrogens with zero attached hydrogens (tertiary/aromatic N) is 1. The number of carbonyl (C=O) groups is 2. The second-order valence-electron chi connectivity index (χ2n) is 6.63. The highest BCUT2D eigenvalue weighted by Crippen LogP contribution is 2.34. The van der Waals surface area contributed by atoms with Gasteiger partial charge in [0, 0.05) is 11.6 Å². The van der Waals surface area contributed by atoms with Gasteiger partial charge in [-0.15, -0.1) is 0 Å². The highest BCUT2D eigenvalue weighted by Gasteiger charge is 2.36. The largest absolute Gasteiger partial charge is 0.481 e. The van der Waals surface area contributed by atoms with Gasteiger partial charge in [-0.2, -0.15) is 13.2 Å². The van der Waals surface area contributed by atoms with E-state index in [4.69, 9.17) is 16.7 Å². The molecule has 0 bridgehead atoms. The molecule has 0 saturated carbocycles. The summed E-state index contributed by atoms with van der Waals surface area (Å²) in [6.45, 7) is 0. The molecule has 2 aromatic carbocycles. The van der Waals surface area contributed by atoms with Crippen LogP contribution in [0, 0.1) is 5.82 Å². The monoisotopic (exact) mass is 471 g/mol. The lowest BCUT2D eigenvalue weighted by Gasteiger charge is -2.19. The van der Waals surface area contributed by atoms with Crippen LogP contribution in [0.2, 0.25) is 5.02 Å². The summed E-state index contributed by atoms with van der Waals surface area (Å²) in [5.41, 5.74) is -3.05. The van der Waals surface area contributed by atoms with E-state index in [2.05, 4.69) is 10.4 Å². The Morgan fingerprint density at radius 2 is 1.84 bits per heavy atom. The molecule has 12 heteroatoms. The highest BCUT2D eigenvalue weighted by molar-refractivity contribution is 6.32. The zero-order valence-electron chi connectivity index (χ0n) is 15.9. The topological polar surface area (TPSA) is 104 Å². The number of para-hydroxylation sites is 1. The molecule has 0 aliphatic heterocycles. The van der Waals surface area contributed by atoms with Gasteiger partial charge in [-0.25, -0.2) is 9.07 Å². The molecule has 32 heavy (non-hydrogen) atoms. The number of halogens is 5. The number of benzene rings is 2. The normalized spacial score (nSPS) is 12.4. The maximum Gasteiger partial charge on any atom is 0.419 e. The van der Waals surface area contributed by atoms with Gasteiger partial charge in [0.1, 0.15) is 11.5 Å². The van der Waals surface area contributed by atoms with Crippen molar-refractivity contribution in [3.8, 4) is 5.69 Å². The summed E-state index contributed by atoms with van der Waals surface area (Å²) < 4.78 is 54.5. The lowest BCUT2D eigenvalue weighted by Crippen LogP contribution is -2.31. The molecule has 3 aromatic rings. The molecule has 3 N–H and O–H groups in total. The third kappa shape index (κ3) is 4.83. The Bertz CT molecular complexity index is 1240. The zero-order valence-corrected chi connectivity index (χ0v) is 16.7. The number of carboxylic acid groups (broad SMARTS) is 1. The smallest absolute Gasteiger partial charge is 0.419 e. The lowest BCUT2D eigenvalue weighted by atomic mass is 9.99. The van der Waals surface area contributed by atoms with E-state index in [1.807, 2.05) is 0 Å². The van der Waals surface area contributed by atoms with Crippen LogP contribution in [0.1, 0.15) is 34.1 Å². The average Bonchev–Trinajstić information content (AvgIpc) is 3.08. The van der Waals surface area contributed by atoms with E-state index in [1.165, 1.54) is 12.1 Å². The highest BCUT2D eigenvalue weighted by atomic mass is 35.5. The molecule has 0 spiro atoms. The van der Waals surface area contributed by atoms with Crippen LogP contribution >= 0.6 is 11.6 Å². The van der Waals surface area contributed by atoms with Crippen molar-refractivity contribution >= 4 is 23.5 Å². The molecule has 1 aromatic heterocycles. The Balaban J connectivity index is 1.96. The first-order chi connectivity index (χ1) is 15.0. The van der Waals surface area contributed by atoms with Gasteiger partial charge in [-0.05, 0) is 18.2 Å². The summed E-state index contributed by atoms with van der Waals surface area (Å²) in [6, 6.07) is 7.79. The van der Waals surface area contributed by atoms with Crippen molar-refractivity contribution in [2.24, 2.45) is 0 Å². The van der Waals surface area contributed by atoms with Crippen molar-refractivity contribution < 1.29 is 32.3 Å². The van der Waals surface area contributed by atoms with E-state index >= 15 is 0 Å². The van der Waals surface area contributed by atoms with Crippen molar-refractivity contribution in [1.82, 2.24) is 15.1 Å². The van der Waals surface area contributed by atoms with E-state index < -0.39 is 53.0 Å². The SMILES string of the molecule is O=C(O)CC(NC(=O)c1cc(=O)n(-c2ccccc2Cl)[nH]1)c1cccc(C(F)(F)F)c1F. The van der Waals surface area contributed by atoms with Gasteiger partial charge in [0.15, 0.2) is 0 Å². The average molecular weight is 472 g/mol. The van der Waals surface area contributed by atoms with E-state index in [-0.39, 0.29) is 16.4 Å². The van der Waals surface area contributed by atoms with Crippen LogP contribution in [0.3, 0.4) is 0 Å². The number of alkyl halides is 3. The van der Waals surface area contributed by atoms with Crippen LogP contribution in [-0.4, -0.2) is 26.8 Å². The van der Waals surface area contributed by atoms with Crippen molar-refractivity contribution in [1.29, 1.82) is 0 Å². The van der Waals surface area contributed by atoms with Crippen molar-refractivity contribution in [3.63, 3.8) is 0 Å². The maximum atomic E-state index is 14.5. The number of nitrogens with one attached hydrogen (secondary N) is 2. The van der Waals surface area contributed by atoms with Crippen LogP contribution in [0.25, 0.3) is 5.69 Å². The number of H-pyrrole nitrogens is 1. The summed E-state index contributed by atoms with van der Waals surface area (Å²) in [4.78, 5) is 36.1. The van der Waals surface area contributed by atoms with Gasteiger partial charge in [-0.1, -0.05) is 35.9 Å². The Morgan fingerprint density at radius 3 is 2.47 bits per heavy atom. The first-order valence-electron chi connectivity index (χ1n) is 8.94. The maximum absolute atomic E-state index is 14.5. The number of aliphatic carboxylic acids is 1. The molecule has 0 saturated heterocycles. The fourth-order valence-corrected chi connectivity index (χ4v) is 3.23. The number of aromatic amines is 1. The minimum Gasteiger partial charge on any atom is -0.481 e. The molecule has 1 atom stereocenters. The molecular weight excluding hydrogens is 458 g/mol. The number of carbonyl (C=O) groups excluding carboxylic acids is 1. The molecule has 0 fully saturated rings. The van der Waals surface area contributed by atoms with Crippen molar-refractivity contribution in [2.45, 2.75) is 18.6 Å². The van der Waals surface area contributed by atoms with Gasteiger partial charge < -0.3 is 10.4 Å². The van der Waals surface area contributed by atoms with Gasteiger partial charge in [0.2, 0.25) is 0 Å². The fourth-order valence-electron chi connectivity index (χ4n) is 3.01. The zero-order chi connectivity index (χ0) is 23.6. The number of aromatic nitrogens is 2. The minimum atomic E-state index is -5.02. The lowest BCUT2D eigenvalue weighted by molar-refractivity contribution is -0.140. The van der Waals surface area contributed by atoms with Gasteiger partial charge in [-0.3, -0.25) is 19.5 Å². The van der Waals surface area contributed by atoms with Gasteiger partial charge in [0.05, 0.1) is 28.7 Å². The summed E-state index contributed by atoms with van der Waals surface area (Å²) in [7, 11) is 0. The minimum absolute atomic E-state index is 0.193. The van der Waals surface area contributed by atoms with Crippen LogP contribution in [-0.2, 0) is 11.0 Å². The molecular formula is C20H14ClF4N3O4. The third-order valence-corrected chi connectivity index (χ3v) is 4.77. The number of rotatable bonds is 6. The summed E-state index contributed by atoms with van der Waals surface area (Å²) in [6.07, 6.45) is -5.92. The van der Waals surface area contributed by atoms with E-state index in [0.29, 0.717) is 6.07 Å². The van der Waals surface area contributed by atoms with Crippen LogP contribution < -0.4 is 10.9 Å². The van der Waals surface area contributed by atoms with Gasteiger partial charge in [0.25, 0.3) is 11.5 Å². The summed E-state index contributed by atoms with van der Waals surface area (Å²) in [5.74, 6) is -4.22. The molecule has 0 aliphatic carbocycles. The molecule has 7 nitrogen and oxygen atoms in total. The second-order valence-corrected chi connectivity index (χ2v) is 7.03. The van der Waals surface area contributed by atoms with Crippen LogP contribution in [0.5, 0.6) is 0 Å². The number of amides is 1. The Morgan fingerprint density at radius 1 is 1.16 bits per heavy atom. The van der Waals surface area contributed by atoms with Crippen LogP contribution in [0.4, 0.5) is 17.6 Å². The Kier molecular flexibility index (Phi) is 6.40. The number of hydrogen-bond acceptors (Lipinski definition) is 3. The standard InChI is InChI=1S/C20H14ClF4N3O4/c21-12-6-1-2-7-15(12)28-16(29)8-14(27-28)19(32)26-13(9-17(30)31)10-4-3-5-11(18(10)22)20(23,24)25/h1-8,13,27H,9H2,(H,26,32)(H,30,31). The molecule has 1 heterocycles. The van der Waals surface area contributed by atoms with Gasteiger partial charge >= 0.3 is 12.1 Å². The molecule has 1 unspecified atom stereocenters. The molecule has 0 radical (unpaired) electrons. The molecule has 0 aliphatic rings. The molecule has 1 amide bonds. The van der Waals surface area contributed by atoms with E-state index in [0.717, 1.165) is 22.9 Å². The number of carboxylic acids is 1. The van der Waals surface area contributed by atoms with Crippen LogP contribution in [0.15, 0.2) is 53.3 Å². The predicted octanol–water partition coefficient (Wildman–Crippen LogP) is 3.92. The fraction of sp³-hybridized carbons (Fsp3) is 0.150. The quantitative estimate of drug-likeness (QED) is 0.474. The molecule has 168 valence electrons. The summed E-state index contributed by atoms with van der Waals surface area (Å²) >= 11 is 6.03. The summed E-state index contributed by atoms with van der Waals surface area (Å²) in [5, 5.41) is 13.9. The molecule has 3 rings (SSSR count). The first-order valence-corrected chi connectivity index (χ1v) is 9.32. The Labute approximate surface area is 182 Å². The first kappa shape index (κ1) is 23.1. The van der Waals surface area contributed by atoms with E-state index in [1.54, 1.807) is 12.1 Å². The van der Waals surface area contributed by atoms with E-state index in [9.17, 15) is 31.9 Å². The van der Waals surface area contributed by atoms with Crippen molar-refractivity contribution in [2.75, 3.05) is 0 Å². The second kappa shape index (κ2) is 8.87. The van der Waals surface area contributed by atoms with Crippen molar-refractivity contribution in [3.05, 3.63) is 86.5 Å². The third-order valence-electron chi connectivity index (χ3n) is 4.45. The predicted molar refractivity (Wildman–Crippen MR) is 105 cm³/mol. The Hall–Kier alpha value is -3.60. The number of hydrogen-bond donors (Lipinski definition) is 3.